The van der Waals surface area contributed by atoms with Crippen LogP contribution in [0.25, 0.3) is 0 Å². The number of amides is 1. The van der Waals surface area contributed by atoms with E-state index in [2.05, 4.69) is 5.32 Å². The molecule has 20 heavy (non-hydrogen) atoms. The van der Waals surface area contributed by atoms with Crippen molar-refractivity contribution in [2.75, 3.05) is 25.5 Å². The molecule has 1 rings (SSSR count). The lowest BCUT2D eigenvalue weighted by Crippen LogP contribution is -2.38. The Bertz CT molecular complexity index is 509. The molecule has 8 heteroatoms. The van der Waals surface area contributed by atoms with Gasteiger partial charge in [-0.25, -0.2) is 0 Å². The highest BCUT2D eigenvalue weighted by Crippen LogP contribution is 2.26. The lowest BCUT2D eigenvalue weighted by atomic mass is 10.2. The van der Waals surface area contributed by atoms with E-state index >= 15 is 0 Å². The van der Waals surface area contributed by atoms with E-state index in [1.807, 2.05) is 0 Å². The van der Waals surface area contributed by atoms with E-state index in [4.69, 9.17) is 16.7 Å². The van der Waals surface area contributed by atoms with E-state index in [9.17, 15) is 14.9 Å². The third kappa shape index (κ3) is 4.44. The molecule has 1 atom stereocenters. The molecular weight excluding hydrogens is 286 g/mol. The molecule has 0 bridgehead atoms. The van der Waals surface area contributed by atoms with Gasteiger partial charge < -0.3 is 10.4 Å². The Balaban J connectivity index is 2.69. The number of aliphatic hydroxyl groups excluding tert-OH is 1. The summed E-state index contributed by atoms with van der Waals surface area (Å²) in [6, 6.07) is 3.68. The van der Waals surface area contributed by atoms with Gasteiger partial charge in [0, 0.05) is 18.2 Å². The third-order valence-electron chi connectivity index (χ3n) is 2.85. The van der Waals surface area contributed by atoms with E-state index in [1.165, 1.54) is 18.2 Å². The van der Waals surface area contributed by atoms with E-state index in [0.717, 1.165) is 0 Å². The number of carbonyl (C=O) groups excluding carboxylic acids is 1. The summed E-state index contributed by atoms with van der Waals surface area (Å²) in [6.07, 6.45) is 0. The first-order valence-corrected chi connectivity index (χ1v) is 6.27. The van der Waals surface area contributed by atoms with Crippen molar-refractivity contribution in [3.8, 4) is 0 Å². The van der Waals surface area contributed by atoms with E-state index in [0.29, 0.717) is 5.69 Å². The first-order valence-electron chi connectivity index (χ1n) is 5.90. The Labute approximate surface area is 121 Å². The number of nitro groups is 1. The molecule has 0 radical (unpaired) electrons. The predicted octanol–water partition coefficient (Wildman–Crippen LogP) is 1.50. The zero-order valence-electron chi connectivity index (χ0n) is 11.2. The minimum atomic E-state index is -0.561. The van der Waals surface area contributed by atoms with Gasteiger partial charge in [-0.15, -0.1) is 0 Å². The Morgan fingerprint density at radius 2 is 2.25 bits per heavy atom. The molecular formula is C12H16ClN3O4. The highest BCUT2D eigenvalue weighted by Gasteiger charge is 2.15. The SMILES string of the molecule is CC(CO)N(C)CC(=O)Nc1ccc([N+](=O)[O-])cc1Cl. The van der Waals surface area contributed by atoms with Crippen molar-refractivity contribution >= 4 is 28.9 Å². The van der Waals surface area contributed by atoms with Crippen LogP contribution in [0.15, 0.2) is 18.2 Å². The molecule has 1 aromatic carbocycles. The average Bonchev–Trinajstić information content (AvgIpc) is 2.39. The monoisotopic (exact) mass is 301 g/mol. The topological polar surface area (TPSA) is 95.7 Å². The van der Waals surface area contributed by atoms with Gasteiger partial charge in [0.1, 0.15) is 0 Å². The van der Waals surface area contributed by atoms with E-state index in [-0.39, 0.29) is 35.8 Å². The van der Waals surface area contributed by atoms with Gasteiger partial charge in [-0.05, 0) is 20.0 Å². The van der Waals surface area contributed by atoms with Crippen LogP contribution in [0, 0.1) is 10.1 Å². The number of nitrogens with zero attached hydrogens (tertiary/aromatic N) is 2. The van der Waals surface area contributed by atoms with Gasteiger partial charge in [0.25, 0.3) is 5.69 Å². The summed E-state index contributed by atoms with van der Waals surface area (Å²) in [4.78, 5) is 23.5. The number of aliphatic hydroxyl groups is 1. The van der Waals surface area contributed by atoms with Crippen LogP contribution in [0.3, 0.4) is 0 Å². The maximum absolute atomic E-state index is 11.8. The second-order valence-corrected chi connectivity index (χ2v) is 4.82. The maximum atomic E-state index is 11.8. The molecule has 0 heterocycles. The van der Waals surface area contributed by atoms with Crippen LogP contribution in [-0.2, 0) is 4.79 Å². The van der Waals surface area contributed by atoms with Gasteiger partial charge in [0.05, 0.1) is 28.8 Å². The van der Waals surface area contributed by atoms with Crippen LogP contribution in [-0.4, -0.2) is 47.1 Å². The normalized spacial score (nSPS) is 12.2. The first kappa shape index (κ1) is 16.4. The second-order valence-electron chi connectivity index (χ2n) is 4.42. The van der Waals surface area contributed by atoms with Crippen LogP contribution in [0.5, 0.6) is 0 Å². The summed E-state index contributed by atoms with van der Waals surface area (Å²) >= 11 is 5.87. The number of hydrogen-bond acceptors (Lipinski definition) is 5. The smallest absolute Gasteiger partial charge is 0.271 e. The lowest BCUT2D eigenvalue weighted by Gasteiger charge is -2.22. The van der Waals surface area contributed by atoms with Crippen LogP contribution in [0.2, 0.25) is 5.02 Å². The van der Waals surface area contributed by atoms with Crippen molar-refractivity contribution in [1.82, 2.24) is 4.90 Å². The molecule has 0 saturated heterocycles. The predicted molar refractivity (Wildman–Crippen MR) is 75.9 cm³/mol. The van der Waals surface area contributed by atoms with Crippen LogP contribution < -0.4 is 5.32 Å². The number of anilines is 1. The largest absolute Gasteiger partial charge is 0.395 e. The van der Waals surface area contributed by atoms with Crippen LogP contribution in [0.1, 0.15) is 6.92 Å². The number of likely N-dealkylation sites (N-methyl/N-ethyl adjacent to an activating group) is 1. The van der Waals surface area contributed by atoms with Crippen LogP contribution in [0.4, 0.5) is 11.4 Å². The minimum Gasteiger partial charge on any atom is -0.395 e. The Morgan fingerprint density at radius 1 is 1.60 bits per heavy atom. The molecule has 2 N–H and O–H groups in total. The second kappa shape index (κ2) is 7.18. The van der Waals surface area contributed by atoms with Gasteiger partial charge >= 0.3 is 0 Å². The number of nitrogens with one attached hydrogen (secondary N) is 1. The Morgan fingerprint density at radius 3 is 2.75 bits per heavy atom. The fourth-order valence-corrected chi connectivity index (χ4v) is 1.65. The van der Waals surface area contributed by atoms with E-state index < -0.39 is 4.92 Å². The van der Waals surface area contributed by atoms with Gasteiger partial charge in [-0.1, -0.05) is 11.6 Å². The molecule has 0 aromatic heterocycles. The van der Waals surface area contributed by atoms with Crippen LogP contribution >= 0.6 is 11.6 Å². The summed E-state index contributed by atoms with van der Waals surface area (Å²) in [7, 11) is 1.71. The molecule has 0 aliphatic heterocycles. The maximum Gasteiger partial charge on any atom is 0.271 e. The first-order chi connectivity index (χ1) is 9.35. The summed E-state index contributed by atoms with van der Waals surface area (Å²) < 4.78 is 0. The summed E-state index contributed by atoms with van der Waals surface area (Å²) in [6.45, 7) is 1.81. The van der Waals surface area contributed by atoms with E-state index in [1.54, 1.807) is 18.9 Å². The van der Waals surface area contributed by atoms with Crippen molar-refractivity contribution in [3.05, 3.63) is 33.3 Å². The quantitative estimate of drug-likeness (QED) is 0.613. The molecule has 0 fully saturated rings. The molecule has 1 aromatic rings. The van der Waals surface area contributed by atoms with Crippen molar-refractivity contribution in [2.24, 2.45) is 0 Å². The number of hydrogen-bond donors (Lipinski definition) is 2. The number of non-ortho nitro benzene ring substituents is 1. The molecule has 110 valence electrons. The lowest BCUT2D eigenvalue weighted by molar-refractivity contribution is -0.384. The Hall–Kier alpha value is -1.70. The number of benzene rings is 1. The van der Waals surface area contributed by atoms with Gasteiger partial charge in [0.15, 0.2) is 0 Å². The van der Waals surface area contributed by atoms with Crippen molar-refractivity contribution in [3.63, 3.8) is 0 Å². The van der Waals surface area contributed by atoms with Crippen molar-refractivity contribution in [2.45, 2.75) is 13.0 Å². The molecule has 0 aliphatic rings. The fourth-order valence-electron chi connectivity index (χ4n) is 1.43. The van der Waals surface area contributed by atoms with Gasteiger partial charge in [-0.2, -0.15) is 0 Å². The standard InChI is InChI=1S/C12H16ClN3O4/c1-8(7-17)15(2)6-12(18)14-11-4-3-9(16(19)20)5-10(11)13/h3-5,8,17H,6-7H2,1-2H3,(H,14,18). The fraction of sp³-hybridized carbons (Fsp3) is 0.417. The highest BCUT2D eigenvalue weighted by atomic mass is 35.5. The van der Waals surface area contributed by atoms with Gasteiger partial charge in [0.2, 0.25) is 5.91 Å². The molecule has 0 saturated carbocycles. The number of rotatable bonds is 6. The molecule has 7 nitrogen and oxygen atoms in total. The number of carbonyl (C=O) groups is 1. The molecule has 1 amide bonds. The summed E-state index contributed by atoms with van der Waals surface area (Å²) in [5.74, 6) is -0.316. The molecule has 1 unspecified atom stereocenters. The average molecular weight is 302 g/mol. The summed E-state index contributed by atoms with van der Waals surface area (Å²) in [5, 5.41) is 22.2. The molecule has 0 aliphatic carbocycles. The zero-order valence-corrected chi connectivity index (χ0v) is 11.9. The van der Waals surface area contributed by atoms with Crippen molar-refractivity contribution < 1.29 is 14.8 Å². The highest BCUT2D eigenvalue weighted by molar-refractivity contribution is 6.34. The number of nitro benzene ring substituents is 1. The number of halogens is 1. The minimum absolute atomic E-state index is 0.0535. The third-order valence-corrected chi connectivity index (χ3v) is 3.16. The summed E-state index contributed by atoms with van der Waals surface area (Å²) in [5.41, 5.74) is 0.173. The van der Waals surface area contributed by atoms with Crippen molar-refractivity contribution in [1.29, 1.82) is 0 Å². The zero-order chi connectivity index (χ0) is 15.3. The Kier molecular flexibility index (Phi) is 5.87. The van der Waals surface area contributed by atoms with Gasteiger partial charge in [-0.3, -0.25) is 19.8 Å². The molecule has 0 spiro atoms.